The molecule has 14 heteroatoms. The fourth-order valence-corrected chi connectivity index (χ4v) is 7.17. The first kappa shape index (κ1) is 34.1. The van der Waals surface area contributed by atoms with E-state index in [4.69, 9.17) is 32.7 Å². The lowest BCUT2D eigenvalue weighted by Crippen LogP contribution is -2.46. The molecule has 0 spiro atoms. The minimum atomic E-state index is -0.795. The fourth-order valence-electron chi connectivity index (χ4n) is 6.61. The van der Waals surface area contributed by atoms with Crippen molar-refractivity contribution in [3.05, 3.63) is 112 Å². The van der Waals surface area contributed by atoms with Crippen molar-refractivity contribution >= 4 is 34.6 Å². The van der Waals surface area contributed by atoms with Crippen LogP contribution in [-0.4, -0.2) is 79.7 Å². The Bertz CT molecular complexity index is 1940. The van der Waals surface area contributed by atoms with E-state index in [0.717, 1.165) is 55.2 Å². The minimum absolute atomic E-state index is 0.0588. The molecule has 3 heterocycles. The zero-order valence-corrected chi connectivity index (χ0v) is 29.5. The fraction of sp³-hybridized carbons (Fsp3) is 0.389. The normalized spacial score (nSPS) is 20.1. The van der Waals surface area contributed by atoms with Crippen molar-refractivity contribution in [3.63, 3.8) is 0 Å². The molecular weight excluding hydrogens is 679 g/mol. The van der Waals surface area contributed by atoms with Gasteiger partial charge in [0.25, 0.3) is 0 Å². The Morgan fingerprint density at radius 3 is 2.18 bits per heavy atom. The van der Waals surface area contributed by atoms with Crippen molar-refractivity contribution in [2.24, 2.45) is 0 Å². The van der Waals surface area contributed by atoms with Crippen molar-refractivity contribution in [2.45, 2.75) is 50.5 Å². The molecule has 0 bridgehead atoms. The molecule has 1 saturated carbocycles. The summed E-state index contributed by atoms with van der Waals surface area (Å²) in [4.78, 5) is 21.6. The number of aliphatic hydroxyl groups is 1. The van der Waals surface area contributed by atoms with Crippen LogP contribution < -0.4 is 20.2 Å². The molecule has 1 N–H and O–H groups in total. The second-order valence-electron chi connectivity index (χ2n) is 12.8. The van der Waals surface area contributed by atoms with E-state index in [0.29, 0.717) is 22.2 Å². The van der Waals surface area contributed by atoms with Crippen LogP contribution in [0.4, 0.5) is 11.4 Å². The predicted molar refractivity (Wildman–Crippen MR) is 193 cm³/mol. The van der Waals surface area contributed by atoms with Gasteiger partial charge in [-0.2, -0.15) is 10.2 Å². The minimum Gasteiger partial charge on any atom is -0.491 e. The second-order valence-corrected chi connectivity index (χ2v) is 13.7. The number of rotatable bonds is 13. The van der Waals surface area contributed by atoms with Crippen LogP contribution in [0, 0.1) is 0 Å². The van der Waals surface area contributed by atoms with Gasteiger partial charge in [0.15, 0.2) is 0 Å². The summed E-state index contributed by atoms with van der Waals surface area (Å²) in [6, 6.07) is 21.4. The molecule has 4 atom stereocenters. The third-order valence-corrected chi connectivity index (χ3v) is 10.3. The summed E-state index contributed by atoms with van der Waals surface area (Å²) in [7, 11) is 0. The van der Waals surface area contributed by atoms with Gasteiger partial charge in [-0.05, 0) is 74.0 Å². The van der Waals surface area contributed by atoms with E-state index in [1.807, 2.05) is 44.2 Å². The molecule has 2 unspecified atom stereocenters. The summed E-state index contributed by atoms with van der Waals surface area (Å²) < 4.78 is 17.5. The number of benzene rings is 3. The molecule has 2 aromatic heterocycles. The molecule has 3 aromatic carbocycles. The van der Waals surface area contributed by atoms with Gasteiger partial charge in [-0.15, -0.1) is 0 Å². The first-order valence-electron chi connectivity index (χ1n) is 16.9. The highest BCUT2D eigenvalue weighted by Gasteiger charge is 2.61. The molecule has 1 aliphatic carbocycles. The highest BCUT2D eigenvalue weighted by atomic mass is 35.5. The molecule has 50 heavy (non-hydrogen) atoms. The van der Waals surface area contributed by atoms with Crippen molar-refractivity contribution in [1.29, 1.82) is 0 Å². The lowest BCUT2D eigenvalue weighted by atomic mass is 10.1. The van der Waals surface area contributed by atoms with E-state index in [2.05, 4.69) is 49.2 Å². The van der Waals surface area contributed by atoms with Gasteiger partial charge in [0.05, 0.1) is 24.4 Å². The van der Waals surface area contributed by atoms with Crippen LogP contribution in [0.15, 0.2) is 90.5 Å². The number of nitrogens with zero attached hydrogens (tertiary/aromatic N) is 8. The van der Waals surface area contributed by atoms with Gasteiger partial charge in [0, 0.05) is 59.6 Å². The number of aromatic nitrogens is 6. The van der Waals surface area contributed by atoms with E-state index in [9.17, 15) is 9.90 Å². The van der Waals surface area contributed by atoms with Gasteiger partial charge < -0.3 is 24.4 Å². The third kappa shape index (κ3) is 6.85. The Hall–Kier alpha value is -4.36. The van der Waals surface area contributed by atoms with Crippen LogP contribution in [0.25, 0.3) is 5.69 Å². The van der Waals surface area contributed by atoms with Gasteiger partial charge in [-0.1, -0.05) is 36.2 Å². The summed E-state index contributed by atoms with van der Waals surface area (Å²) >= 11 is 12.8. The molecular formula is C36H40Cl2N8O4. The highest BCUT2D eigenvalue weighted by molar-refractivity contribution is 6.35. The average Bonchev–Trinajstić information content (AvgIpc) is 3.42. The molecule has 0 radical (unpaired) electrons. The number of halogens is 2. The van der Waals surface area contributed by atoms with Crippen molar-refractivity contribution in [1.82, 2.24) is 29.1 Å². The second kappa shape index (κ2) is 14.5. The SMILES string of the molecule is CCC(C)n1ncn(-c2ccc(N3CCN(c4ccc(OC[C@@H](CO)O[C@@]5(c6ccc(Cl)cc6Cl)CC5n5cncn5)cc4)CC3)cc2)c1=O. The van der Waals surface area contributed by atoms with Crippen LogP contribution in [0.5, 0.6) is 5.75 Å². The van der Waals surface area contributed by atoms with E-state index < -0.39 is 11.7 Å². The van der Waals surface area contributed by atoms with Crippen LogP contribution in [-0.2, 0) is 10.3 Å². The number of ether oxygens (including phenoxy) is 2. The van der Waals surface area contributed by atoms with Gasteiger partial charge in [-0.25, -0.2) is 23.7 Å². The van der Waals surface area contributed by atoms with Gasteiger partial charge >= 0.3 is 5.69 Å². The lowest BCUT2D eigenvalue weighted by molar-refractivity contribution is -0.0822. The third-order valence-electron chi connectivity index (χ3n) is 9.71. The number of anilines is 2. The lowest BCUT2D eigenvalue weighted by Gasteiger charge is -2.37. The Morgan fingerprint density at radius 2 is 1.58 bits per heavy atom. The summed E-state index contributed by atoms with van der Waals surface area (Å²) in [6.45, 7) is 7.43. The maximum absolute atomic E-state index is 12.8. The first-order chi connectivity index (χ1) is 24.3. The van der Waals surface area contributed by atoms with Crippen molar-refractivity contribution in [2.75, 3.05) is 49.2 Å². The van der Waals surface area contributed by atoms with E-state index in [1.165, 1.54) is 11.0 Å². The van der Waals surface area contributed by atoms with Crippen LogP contribution in [0.3, 0.4) is 0 Å². The maximum atomic E-state index is 12.8. The summed E-state index contributed by atoms with van der Waals surface area (Å²) in [6.07, 6.45) is 5.58. The summed E-state index contributed by atoms with van der Waals surface area (Å²) in [5.41, 5.74) is 2.91. The zero-order valence-electron chi connectivity index (χ0n) is 28.0. The predicted octanol–water partition coefficient (Wildman–Crippen LogP) is 5.53. The quantitative estimate of drug-likeness (QED) is 0.168. The van der Waals surface area contributed by atoms with Crippen LogP contribution in [0.1, 0.15) is 44.3 Å². The smallest absolute Gasteiger partial charge is 0.350 e. The largest absolute Gasteiger partial charge is 0.491 e. The topological polar surface area (TPSA) is 116 Å². The Kier molecular flexibility index (Phi) is 9.87. The number of piperazine rings is 1. The average molecular weight is 720 g/mol. The van der Waals surface area contributed by atoms with Crippen LogP contribution in [0.2, 0.25) is 10.0 Å². The number of hydrogen-bond acceptors (Lipinski definition) is 9. The van der Waals surface area contributed by atoms with Crippen molar-refractivity contribution < 1.29 is 14.6 Å². The summed E-state index contributed by atoms with van der Waals surface area (Å²) in [5.74, 6) is 0.686. The molecule has 2 fully saturated rings. The van der Waals surface area contributed by atoms with Gasteiger partial charge in [0.1, 0.15) is 43.0 Å². The van der Waals surface area contributed by atoms with E-state index in [1.54, 1.807) is 34.0 Å². The van der Waals surface area contributed by atoms with E-state index >= 15 is 0 Å². The van der Waals surface area contributed by atoms with Crippen LogP contribution >= 0.6 is 23.2 Å². The molecule has 7 rings (SSSR count). The standard InChI is InChI=1S/C36H40Cl2N8O4/c1-3-25(2)46-35(48)44(24-41-46)29-7-5-27(6-8-29)42-14-16-43(17-15-42)28-9-11-30(12-10-28)49-21-31(20-47)50-36(19-34(36)45-23-39-22-40-45)32-13-4-26(37)18-33(32)38/h4-13,18,22-25,31,34,47H,3,14-17,19-21H2,1-2H3/t25?,31-,34?,36-/m1/s1. The van der Waals surface area contributed by atoms with E-state index in [-0.39, 0.29) is 31.0 Å². The molecule has 0 amide bonds. The Morgan fingerprint density at radius 1 is 0.920 bits per heavy atom. The Balaban J connectivity index is 0.935. The van der Waals surface area contributed by atoms with Crippen molar-refractivity contribution in [3.8, 4) is 11.4 Å². The molecule has 1 aliphatic heterocycles. The Labute approximate surface area is 300 Å². The molecule has 12 nitrogen and oxygen atoms in total. The molecule has 262 valence electrons. The first-order valence-corrected chi connectivity index (χ1v) is 17.6. The molecule has 5 aromatic rings. The molecule has 2 aliphatic rings. The monoisotopic (exact) mass is 718 g/mol. The van der Waals surface area contributed by atoms with Gasteiger partial charge in [0.2, 0.25) is 0 Å². The number of aliphatic hydroxyl groups excluding tert-OH is 1. The zero-order chi connectivity index (χ0) is 34.8. The maximum Gasteiger partial charge on any atom is 0.350 e. The highest BCUT2D eigenvalue weighted by Crippen LogP contribution is 2.60. The summed E-state index contributed by atoms with van der Waals surface area (Å²) in [5, 5.41) is 19.9. The molecule has 1 saturated heterocycles. The van der Waals surface area contributed by atoms with Gasteiger partial charge in [-0.3, -0.25) is 0 Å². The number of hydrogen-bond donors (Lipinski definition) is 1.